The molecule has 2 rings (SSSR count). The van der Waals surface area contributed by atoms with Gasteiger partial charge in [0.2, 0.25) is 0 Å². The highest BCUT2D eigenvalue weighted by Gasteiger charge is 2.34. The zero-order chi connectivity index (χ0) is 10.7. The molecule has 1 nitrogen and oxygen atoms in total. The largest absolute Gasteiger partial charge is 0.304 e. The summed E-state index contributed by atoms with van der Waals surface area (Å²) in [5, 5.41) is 6.01. The first kappa shape index (κ1) is 11.2. The van der Waals surface area contributed by atoms with Crippen LogP contribution in [0.5, 0.6) is 0 Å². The molecular weight excluding hydrogens is 202 g/mol. The first-order chi connectivity index (χ1) is 7.23. The Morgan fingerprint density at radius 2 is 2.00 bits per heavy atom. The van der Waals surface area contributed by atoms with Gasteiger partial charge in [0, 0.05) is 10.9 Å². The van der Waals surface area contributed by atoms with Gasteiger partial charge in [-0.1, -0.05) is 39.2 Å². The maximum atomic E-state index is 3.81. The number of thiophene rings is 1. The van der Waals surface area contributed by atoms with Gasteiger partial charge in [-0.3, -0.25) is 0 Å². The van der Waals surface area contributed by atoms with Crippen molar-refractivity contribution in [3.63, 3.8) is 0 Å². The summed E-state index contributed by atoms with van der Waals surface area (Å²) in [6.45, 7) is 4.51. The summed E-state index contributed by atoms with van der Waals surface area (Å²) < 4.78 is 0. The van der Waals surface area contributed by atoms with Crippen LogP contribution < -0.4 is 5.32 Å². The van der Waals surface area contributed by atoms with Crippen LogP contribution in [0.1, 0.15) is 50.8 Å². The van der Waals surface area contributed by atoms with E-state index in [0.717, 1.165) is 0 Å². The Kier molecular flexibility index (Phi) is 3.47. The lowest BCUT2D eigenvalue weighted by Gasteiger charge is -2.39. The van der Waals surface area contributed by atoms with E-state index in [0.29, 0.717) is 11.6 Å². The number of hydrogen-bond donors (Lipinski definition) is 1. The van der Waals surface area contributed by atoms with Crippen molar-refractivity contribution in [3.05, 3.63) is 22.4 Å². The summed E-state index contributed by atoms with van der Waals surface area (Å²) in [5.41, 5.74) is 0.292. The van der Waals surface area contributed by atoms with Crippen molar-refractivity contribution in [1.29, 1.82) is 0 Å². The van der Waals surface area contributed by atoms with Crippen LogP contribution in [0.3, 0.4) is 0 Å². The molecule has 2 heteroatoms. The zero-order valence-electron chi connectivity index (χ0n) is 9.75. The first-order valence-corrected chi connectivity index (χ1v) is 6.93. The zero-order valence-corrected chi connectivity index (χ0v) is 10.6. The fourth-order valence-corrected chi connectivity index (χ4v) is 3.67. The molecule has 0 amide bonds. The Hall–Kier alpha value is -0.340. The highest BCUT2D eigenvalue weighted by Crippen LogP contribution is 2.39. The fourth-order valence-electron chi connectivity index (χ4n) is 2.72. The molecule has 1 fully saturated rings. The molecule has 0 radical (unpaired) electrons. The summed E-state index contributed by atoms with van der Waals surface area (Å²) >= 11 is 1.91. The Morgan fingerprint density at radius 3 is 2.53 bits per heavy atom. The lowest BCUT2D eigenvalue weighted by atomic mass is 9.80. The predicted molar refractivity (Wildman–Crippen MR) is 67.4 cm³/mol. The van der Waals surface area contributed by atoms with Crippen molar-refractivity contribution in [2.45, 2.75) is 57.5 Å². The van der Waals surface area contributed by atoms with E-state index >= 15 is 0 Å². The van der Waals surface area contributed by atoms with Crippen LogP contribution >= 0.6 is 11.3 Å². The van der Waals surface area contributed by atoms with Gasteiger partial charge >= 0.3 is 0 Å². The van der Waals surface area contributed by atoms with Crippen LogP contribution in [0, 0.1) is 0 Å². The van der Waals surface area contributed by atoms with Crippen molar-refractivity contribution in [1.82, 2.24) is 5.32 Å². The Balaban J connectivity index is 2.21. The van der Waals surface area contributed by atoms with Crippen LogP contribution in [0.15, 0.2) is 17.5 Å². The molecule has 1 aliphatic rings. The minimum absolute atomic E-state index is 0.292. The standard InChI is InChI=1S/C13H21NS/c1-11(2)14-13(8-4-3-5-9-13)12-7-6-10-15-12/h6-7,10-11,14H,3-5,8-9H2,1-2H3. The second kappa shape index (κ2) is 4.67. The van der Waals surface area contributed by atoms with Crippen LogP contribution in [-0.2, 0) is 5.54 Å². The molecule has 0 bridgehead atoms. The summed E-state index contributed by atoms with van der Waals surface area (Å²) in [6.07, 6.45) is 6.78. The first-order valence-electron chi connectivity index (χ1n) is 6.05. The van der Waals surface area contributed by atoms with Gasteiger partial charge in [0.1, 0.15) is 0 Å². The Bertz CT molecular complexity index is 283. The second-order valence-electron chi connectivity index (χ2n) is 4.92. The van der Waals surface area contributed by atoms with Gasteiger partial charge in [-0.15, -0.1) is 11.3 Å². The quantitative estimate of drug-likeness (QED) is 0.819. The van der Waals surface area contributed by atoms with Crippen molar-refractivity contribution in [2.75, 3.05) is 0 Å². The van der Waals surface area contributed by atoms with E-state index in [9.17, 15) is 0 Å². The number of hydrogen-bond acceptors (Lipinski definition) is 2. The molecule has 1 heterocycles. The van der Waals surface area contributed by atoms with Crippen LogP contribution in [0.4, 0.5) is 0 Å². The maximum Gasteiger partial charge on any atom is 0.0530 e. The van der Waals surface area contributed by atoms with Crippen molar-refractivity contribution >= 4 is 11.3 Å². The maximum absolute atomic E-state index is 3.81. The van der Waals surface area contributed by atoms with E-state index in [1.807, 2.05) is 11.3 Å². The number of rotatable bonds is 3. The van der Waals surface area contributed by atoms with Gasteiger partial charge < -0.3 is 5.32 Å². The average Bonchev–Trinajstić information content (AvgIpc) is 2.71. The molecule has 15 heavy (non-hydrogen) atoms. The topological polar surface area (TPSA) is 12.0 Å². The molecular formula is C13H21NS. The smallest absolute Gasteiger partial charge is 0.0530 e. The highest BCUT2D eigenvalue weighted by atomic mass is 32.1. The van der Waals surface area contributed by atoms with E-state index in [-0.39, 0.29) is 0 Å². The molecule has 0 spiro atoms. The Morgan fingerprint density at radius 1 is 1.27 bits per heavy atom. The van der Waals surface area contributed by atoms with Gasteiger partial charge in [-0.2, -0.15) is 0 Å². The van der Waals surface area contributed by atoms with E-state index in [1.54, 1.807) is 0 Å². The van der Waals surface area contributed by atoms with Gasteiger partial charge in [-0.25, -0.2) is 0 Å². The molecule has 0 aliphatic heterocycles. The minimum Gasteiger partial charge on any atom is -0.304 e. The summed E-state index contributed by atoms with van der Waals surface area (Å²) in [5.74, 6) is 0. The molecule has 1 aromatic heterocycles. The van der Waals surface area contributed by atoms with E-state index < -0.39 is 0 Å². The third-order valence-corrected chi connectivity index (χ3v) is 4.34. The molecule has 0 aromatic carbocycles. The lowest BCUT2D eigenvalue weighted by Crippen LogP contribution is -2.46. The van der Waals surface area contributed by atoms with Gasteiger partial charge in [0.05, 0.1) is 5.54 Å². The third-order valence-electron chi connectivity index (χ3n) is 3.26. The van der Waals surface area contributed by atoms with Gasteiger partial charge in [0.25, 0.3) is 0 Å². The average molecular weight is 223 g/mol. The monoisotopic (exact) mass is 223 g/mol. The molecule has 1 N–H and O–H groups in total. The summed E-state index contributed by atoms with van der Waals surface area (Å²) in [6, 6.07) is 5.05. The van der Waals surface area contributed by atoms with Crippen LogP contribution in [0.25, 0.3) is 0 Å². The van der Waals surface area contributed by atoms with Crippen molar-refractivity contribution in [3.8, 4) is 0 Å². The van der Waals surface area contributed by atoms with E-state index in [1.165, 1.54) is 37.0 Å². The highest BCUT2D eigenvalue weighted by molar-refractivity contribution is 7.10. The second-order valence-corrected chi connectivity index (χ2v) is 5.87. The Labute approximate surface area is 96.9 Å². The van der Waals surface area contributed by atoms with Crippen LogP contribution in [0.2, 0.25) is 0 Å². The van der Waals surface area contributed by atoms with E-state index in [2.05, 4.69) is 36.7 Å². The van der Waals surface area contributed by atoms with Crippen molar-refractivity contribution in [2.24, 2.45) is 0 Å². The third kappa shape index (κ3) is 2.43. The lowest BCUT2D eigenvalue weighted by molar-refractivity contribution is 0.222. The molecule has 1 saturated carbocycles. The molecule has 0 unspecified atom stereocenters. The summed E-state index contributed by atoms with van der Waals surface area (Å²) in [4.78, 5) is 1.54. The predicted octanol–water partition coefficient (Wildman–Crippen LogP) is 3.91. The van der Waals surface area contributed by atoms with Crippen molar-refractivity contribution < 1.29 is 0 Å². The molecule has 1 aliphatic carbocycles. The fraction of sp³-hybridized carbons (Fsp3) is 0.692. The summed E-state index contributed by atoms with van der Waals surface area (Å²) in [7, 11) is 0. The normalized spacial score (nSPS) is 20.7. The molecule has 0 atom stereocenters. The van der Waals surface area contributed by atoms with Gasteiger partial charge in [-0.05, 0) is 24.3 Å². The van der Waals surface area contributed by atoms with E-state index in [4.69, 9.17) is 0 Å². The molecule has 84 valence electrons. The SMILES string of the molecule is CC(C)NC1(c2cccs2)CCCCC1. The molecule has 0 saturated heterocycles. The van der Waals surface area contributed by atoms with Crippen LogP contribution in [-0.4, -0.2) is 6.04 Å². The molecule has 1 aromatic rings. The minimum atomic E-state index is 0.292. The van der Waals surface area contributed by atoms with Gasteiger partial charge in [0.15, 0.2) is 0 Å². The number of nitrogens with one attached hydrogen (secondary N) is 1.